The SMILES string of the molecule is CCn1cnnc1C(C)NC(=O)N1CCN(CC(=O)N2CCCCC2)CC1. The summed E-state index contributed by atoms with van der Waals surface area (Å²) >= 11 is 0. The zero-order chi connectivity index (χ0) is 19.2. The molecule has 2 aliphatic heterocycles. The number of hydrogen-bond acceptors (Lipinski definition) is 5. The first-order valence-electron chi connectivity index (χ1n) is 10.0. The molecular weight excluding hydrogens is 346 g/mol. The van der Waals surface area contributed by atoms with Gasteiger partial charge in [0.25, 0.3) is 0 Å². The summed E-state index contributed by atoms with van der Waals surface area (Å²) in [6.07, 6.45) is 5.13. The van der Waals surface area contributed by atoms with Crippen LogP contribution in [0.1, 0.15) is 45.0 Å². The third kappa shape index (κ3) is 4.97. The molecule has 27 heavy (non-hydrogen) atoms. The quantitative estimate of drug-likeness (QED) is 0.816. The third-order valence-electron chi connectivity index (χ3n) is 5.44. The summed E-state index contributed by atoms with van der Waals surface area (Å²) in [6, 6.07) is -0.284. The number of aromatic nitrogens is 3. The van der Waals surface area contributed by atoms with Crippen LogP contribution in [0.15, 0.2) is 6.33 Å². The topological polar surface area (TPSA) is 86.6 Å². The standard InChI is InChI=1S/C18H31N7O2/c1-3-23-14-19-21-17(23)15(2)20-18(27)25-11-9-22(10-12-25)13-16(26)24-7-5-4-6-8-24/h14-15H,3-13H2,1-2H3,(H,20,27). The van der Waals surface area contributed by atoms with Gasteiger partial charge in [-0.2, -0.15) is 0 Å². The highest BCUT2D eigenvalue weighted by atomic mass is 16.2. The van der Waals surface area contributed by atoms with Gasteiger partial charge in [0.05, 0.1) is 12.6 Å². The Hall–Kier alpha value is -2.16. The number of likely N-dealkylation sites (tertiary alicyclic amines) is 1. The summed E-state index contributed by atoms with van der Waals surface area (Å²) in [7, 11) is 0. The average molecular weight is 377 g/mol. The molecule has 2 saturated heterocycles. The Balaban J connectivity index is 1.43. The van der Waals surface area contributed by atoms with Crippen LogP contribution in [-0.4, -0.2) is 87.2 Å². The Morgan fingerprint density at radius 3 is 2.44 bits per heavy atom. The van der Waals surface area contributed by atoms with E-state index >= 15 is 0 Å². The molecule has 3 rings (SSSR count). The van der Waals surface area contributed by atoms with Crippen LogP contribution in [0.5, 0.6) is 0 Å². The molecule has 0 aromatic carbocycles. The van der Waals surface area contributed by atoms with Crippen molar-refractivity contribution in [1.82, 2.24) is 34.8 Å². The molecule has 150 valence electrons. The van der Waals surface area contributed by atoms with Gasteiger partial charge in [-0.1, -0.05) is 0 Å². The maximum atomic E-state index is 12.5. The first-order chi connectivity index (χ1) is 13.1. The van der Waals surface area contributed by atoms with Crippen molar-refractivity contribution in [2.75, 3.05) is 45.8 Å². The van der Waals surface area contributed by atoms with Crippen LogP contribution >= 0.6 is 0 Å². The number of urea groups is 1. The van der Waals surface area contributed by atoms with Crippen molar-refractivity contribution in [3.05, 3.63) is 12.2 Å². The Bertz CT molecular complexity index is 633. The fraction of sp³-hybridized carbons (Fsp3) is 0.778. The van der Waals surface area contributed by atoms with Crippen LogP contribution in [0.25, 0.3) is 0 Å². The van der Waals surface area contributed by atoms with E-state index in [1.807, 2.05) is 28.2 Å². The number of piperazine rings is 1. The van der Waals surface area contributed by atoms with Gasteiger partial charge < -0.3 is 19.7 Å². The smallest absolute Gasteiger partial charge is 0.318 e. The number of carbonyl (C=O) groups excluding carboxylic acids is 2. The molecule has 0 spiro atoms. The van der Waals surface area contributed by atoms with E-state index in [4.69, 9.17) is 0 Å². The summed E-state index contributed by atoms with van der Waals surface area (Å²) in [5.41, 5.74) is 0. The maximum Gasteiger partial charge on any atom is 0.318 e. The van der Waals surface area contributed by atoms with Crippen molar-refractivity contribution in [2.24, 2.45) is 0 Å². The Morgan fingerprint density at radius 2 is 1.78 bits per heavy atom. The Labute approximate surface area is 160 Å². The maximum absolute atomic E-state index is 12.5. The molecule has 1 N–H and O–H groups in total. The molecule has 1 aromatic rings. The lowest BCUT2D eigenvalue weighted by Gasteiger charge is -2.36. The van der Waals surface area contributed by atoms with Crippen molar-refractivity contribution >= 4 is 11.9 Å². The van der Waals surface area contributed by atoms with Crippen LogP contribution < -0.4 is 5.32 Å². The summed E-state index contributed by atoms with van der Waals surface area (Å²) in [4.78, 5) is 30.9. The fourth-order valence-corrected chi connectivity index (χ4v) is 3.73. The van der Waals surface area contributed by atoms with E-state index in [-0.39, 0.29) is 18.0 Å². The van der Waals surface area contributed by atoms with E-state index in [0.29, 0.717) is 19.6 Å². The molecule has 0 aliphatic carbocycles. The van der Waals surface area contributed by atoms with Gasteiger partial charge in [-0.05, 0) is 33.1 Å². The molecule has 1 atom stereocenters. The number of rotatable bonds is 5. The van der Waals surface area contributed by atoms with E-state index in [1.54, 1.807) is 6.33 Å². The highest BCUT2D eigenvalue weighted by molar-refractivity contribution is 5.78. The van der Waals surface area contributed by atoms with Crippen molar-refractivity contribution in [1.29, 1.82) is 0 Å². The number of nitrogens with one attached hydrogen (secondary N) is 1. The monoisotopic (exact) mass is 377 g/mol. The van der Waals surface area contributed by atoms with E-state index in [0.717, 1.165) is 51.4 Å². The van der Waals surface area contributed by atoms with Crippen LogP contribution in [-0.2, 0) is 11.3 Å². The molecule has 2 aliphatic rings. The molecule has 9 heteroatoms. The second-order valence-electron chi connectivity index (χ2n) is 7.35. The molecule has 2 fully saturated rings. The minimum Gasteiger partial charge on any atom is -0.342 e. The normalized spacial score (nSPS) is 19.8. The second-order valence-corrected chi connectivity index (χ2v) is 7.35. The van der Waals surface area contributed by atoms with E-state index < -0.39 is 0 Å². The Kier molecular flexibility index (Phi) is 6.65. The van der Waals surface area contributed by atoms with Gasteiger partial charge in [0.2, 0.25) is 5.91 Å². The number of piperidine rings is 1. The lowest BCUT2D eigenvalue weighted by molar-refractivity contribution is -0.133. The van der Waals surface area contributed by atoms with Gasteiger partial charge in [-0.25, -0.2) is 4.79 Å². The van der Waals surface area contributed by atoms with Crippen LogP contribution in [0.3, 0.4) is 0 Å². The molecule has 0 radical (unpaired) electrons. The minimum absolute atomic E-state index is 0.0878. The van der Waals surface area contributed by atoms with Gasteiger partial charge in [0.1, 0.15) is 6.33 Å². The summed E-state index contributed by atoms with van der Waals surface area (Å²) < 4.78 is 1.93. The third-order valence-corrected chi connectivity index (χ3v) is 5.44. The van der Waals surface area contributed by atoms with Crippen LogP contribution in [0.4, 0.5) is 4.79 Å². The van der Waals surface area contributed by atoms with Gasteiger partial charge >= 0.3 is 6.03 Å². The first kappa shape index (κ1) is 19.6. The highest BCUT2D eigenvalue weighted by Crippen LogP contribution is 2.12. The zero-order valence-electron chi connectivity index (χ0n) is 16.4. The second kappa shape index (κ2) is 9.16. The van der Waals surface area contributed by atoms with Gasteiger partial charge in [-0.3, -0.25) is 9.69 Å². The predicted molar refractivity (Wildman–Crippen MR) is 101 cm³/mol. The molecule has 0 saturated carbocycles. The number of amides is 3. The molecular formula is C18H31N7O2. The molecule has 1 unspecified atom stereocenters. The highest BCUT2D eigenvalue weighted by Gasteiger charge is 2.26. The predicted octanol–water partition coefficient (Wildman–Crippen LogP) is 0.699. The molecule has 1 aromatic heterocycles. The summed E-state index contributed by atoms with van der Waals surface area (Å²) in [5.74, 6) is 0.983. The van der Waals surface area contributed by atoms with Gasteiger partial charge in [0.15, 0.2) is 5.82 Å². The number of hydrogen-bond donors (Lipinski definition) is 1. The zero-order valence-corrected chi connectivity index (χ0v) is 16.4. The van der Waals surface area contributed by atoms with E-state index in [9.17, 15) is 9.59 Å². The van der Waals surface area contributed by atoms with Crippen molar-refractivity contribution in [2.45, 2.75) is 45.7 Å². The van der Waals surface area contributed by atoms with Gasteiger partial charge in [-0.15, -0.1) is 10.2 Å². The summed E-state index contributed by atoms with van der Waals surface area (Å²) in [5, 5.41) is 11.0. The van der Waals surface area contributed by atoms with E-state index in [2.05, 4.69) is 20.4 Å². The molecule has 3 amide bonds. The number of aryl methyl sites for hydroxylation is 1. The molecule has 9 nitrogen and oxygen atoms in total. The molecule has 3 heterocycles. The van der Waals surface area contributed by atoms with Crippen molar-refractivity contribution in [3.8, 4) is 0 Å². The van der Waals surface area contributed by atoms with E-state index in [1.165, 1.54) is 6.42 Å². The fourth-order valence-electron chi connectivity index (χ4n) is 3.73. The molecule has 0 bridgehead atoms. The van der Waals surface area contributed by atoms with Crippen LogP contribution in [0.2, 0.25) is 0 Å². The first-order valence-corrected chi connectivity index (χ1v) is 10.0. The van der Waals surface area contributed by atoms with Crippen molar-refractivity contribution in [3.63, 3.8) is 0 Å². The lowest BCUT2D eigenvalue weighted by atomic mass is 10.1. The summed E-state index contributed by atoms with van der Waals surface area (Å²) in [6.45, 7) is 9.67. The largest absolute Gasteiger partial charge is 0.342 e. The minimum atomic E-state index is -0.196. The van der Waals surface area contributed by atoms with Crippen molar-refractivity contribution < 1.29 is 9.59 Å². The lowest BCUT2D eigenvalue weighted by Crippen LogP contribution is -2.54. The van der Waals surface area contributed by atoms with Crippen LogP contribution in [0, 0.1) is 0 Å². The number of carbonyl (C=O) groups is 2. The average Bonchev–Trinajstić information content (AvgIpc) is 3.18. The number of nitrogens with zero attached hydrogens (tertiary/aromatic N) is 6. The Morgan fingerprint density at radius 1 is 1.07 bits per heavy atom. The van der Waals surface area contributed by atoms with Gasteiger partial charge in [0, 0.05) is 45.8 Å².